The lowest BCUT2D eigenvalue weighted by molar-refractivity contribution is -0.153. The zero-order valence-corrected chi connectivity index (χ0v) is 18.0. The molecule has 1 amide bonds. The molecular weight excluding hydrogens is 364 g/mol. The number of carbonyl (C=O) groups is 2. The third-order valence-electron chi connectivity index (χ3n) is 9.62. The number of ketones is 1. The van der Waals surface area contributed by atoms with Gasteiger partial charge in [-0.1, -0.05) is 19.4 Å². The number of allylic oxidation sites excluding steroid dienone is 1. The molecule has 29 heavy (non-hydrogen) atoms. The van der Waals surface area contributed by atoms with Gasteiger partial charge in [-0.3, -0.25) is 9.59 Å². The molecule has 1 saturated heterocycles. The average Bonchev–Trinajstić information content (AvgIpc) is 3.05. The van der Waals surface area contributed by atoms with Crippen LogP contribution in [0.2, 0.25) is 0 Å². The first-order chi connectivity index (χ1) is 13.8. The minimum absolute atomic E-state index is 0.0434. The topological polar surface area (TPSA) is 69.6 Å². The van der Waals surface area contributed by atoms with Crippen molar-refractivity contribution in [1.82, 2.24) is 10.2 Å². The number of hydrogen-bond donors (Lipinski definition) is 2. The number of nitrogens with zero attached hydrogens (tertiary/aromatic N) is 1. The molecule has 0 bridgehead atoms. The summed E-state index contributed by atoms with van der Waals surface area (Å²) < 4.78 is 0. The maximum absolute atomic E-state index is 13.4. The molecule has 7 unspecified atom stereocenters. The van der Waals surface area contributed by atoms with E-state index in [2.05, 4.69) is 24.1 Å². The predicted molar refractivity (Wildman–Crippen MR) is 111 cm³/mol. The molecule has 5 nitrogen and oxygen atoms in total. The van der Waals surface area contributed by atoms with Gasteiger partial charge in [0.25, 0.3) is 0 Å². The summed E-state index contributed by atoms with van der Waals surface area (Å²) in [5.74, 6) is 1.87. The molecule has 0 aromatic carbocycles. The fourth-order valence-corrected chi connectivity index (χ4v) is 8.20. The standard InChI is InChI=1S/C24H36N2O3/c1-23-8-7-16(27)13-15(23)3-4-17-18-5-6-19(22(29)26-11-9-25-10-12-26)24(18,2)14-20(28)21(17)23/h13,17-21,25,28H,3-12,14H2,1-2H3. The summed E-state index contributed by atoms with van der Waals surface area (Å²) in [5, 5.41) is 14.8. The lowest BCUT2D eigenvalue weighted by Gasteiger charge is -2.59. The summed E-state index contributed by atoms with van der Waals surface area (Å²) >= 11 is 0. The van der Waals surface area contributed by atoms with Crippen LogP contribution >= 0.6 is 0 Å². The summed E-state index contributed by atoms with van der Waals surface area (Å²) in [4.78, 5) is 27.5. The van der Waals surface area contributed by atoms with Crippen LogP contribution in [0.4, 0.5) is 0 Å². The highest BCUT2D eigenvalue weighted by atomic mass is 16.3. The molecule has 2 N–H and O–H groups in total. The summed E-state index contributed by atoms with van der Waals surface area (Å²) in [7, 11) is 0. The first-order valence-corrected chi connectivity index (χ1v) is 11.8. The van der Waals surface area contributed by atoms with Gasteiger partial charge in [-0.25, -0.2) is 0 Å². The highest BCUT2D eigenvalue weighted by molar-refractivity contribution is 5.91. The van der Waals surface area contributed by atoms with E-state index in [1.165, 1.54) is 5.57 Å². The maximum Gasteiger partial charge on any atom is 0.226 e. The Labute approximate surface area is 174 Å². The Kier molecular flexibility index (Phi) is 4.71. The molecule has 3 saturated carbocycles. The summed E-state index contributed by atoms with van der Waals surface area (Å²) in [6.45, 7) is 7.99. The smallest absolute Gasteiger partial charge is 0.226 e. The van der Waals surface area contributed by atoms with Crippen molar-refractivity contribution in [2.24, 2.45) is 34.5 Å². The van der Waals surface area contributed by atoms with Crippen LogP contribution in [-0.2, 0) is 9.59 Å². The van der Waals surface area contributed by atoms with Crippen molar-refractivity contribution in [3.05, 3.63) is 11.6 Å². The molecule has 5 aliphatic rings. The predicted octanol–water partition coefficient (Wildman–Crippen LogP) is 2.54. The van der Waals surface area contributed by atoms with Gasteiger partial charge in [0.15, 0.2) is 5.78 Å². The van der Waals surface area contributed by atoms with Crippen LogP contribution in [0.25, 0.3) is 0 Å². The number of hydrogen-bond acceptors (Lipinski definition) is 4. The Morgan fingerprint density at radius 3 is 2.69 bits per heavy atom. The molecule has 1 aliphatic heterocycles. The third kappa shape index (κ3) is 2.87. The lowest BCUT2D eigenvalue weighted by atomic mass is 9.46. The Bertz CT molecular complexity index is 742. The number of rotatable bonds is 1. The van der Waals surface area contributed by atoms with Crippen LogP contribution in [0.5, 0.6) is 0 Å². The first-order valence-electron chi connectivity index (χ1n) is 11.8. The Balaban J connectivity index is 1.43. The van der Waals surface area contributed by atoms with E-state index in [1.54, 1.807) is 0 Å². The van der Waals surface area contributed by atoms with Gasteiger partial charge in [0.1, 0.15) is 0 Å². The van der Waals surface area contributed by atoms with Crippen LogP contribution in [-0.4, -0.2) is 54.0 Å². The molecule has 0 aromatic heterocycles. The van der Waals surface area contributed by atoms with Gasteiger partial charge in [0, 0.05) is 38.5 Å². The fraction of sp³-hybridized carbons (Fsp3) is 0.833. The molecule has 5 heteroatoms. The fourth-order valence-electron chi connectivity index (χ4n) is 8.20. The Morgan fingerprint density at radius 1 is 1.17 bits per heavy atom. The largest absolute Gasteiger partial charge is 0.393 e. The lowest BCUT2D eigenvalue weighted by Crippen LogP contribution is -2.58. The van der Waals surface area contributed by atoms with Gasteiger partial charge < -0.3 is 15.3 Å². The van der Waals surface area contributed by atoms with E-state index in [9.17, 15) is 14.7 Å². The molecule has 0 radical (unpaired) electrons. The summed E-state index contributed by atoms with van der Waals surface area (Å²) in [6.07, 6.45) is 7.87. The Hall–Kier alpha value is -1.20. The van der Waals surface area contributed by atoms with Crippen molar-refractivity contribution in [2.45, 2.75) is 64.9 Å². The number of aliphatic hydroxyl groups is 1. The van der Waals surface area contributed by atoms with Gasteiger partial charge in [-0.05, 0) is 73.2 Å². The van der Waals surface area contributed by atoms with Gasteiger partial charge in [0.05, 0.1) is 6.10 Å². The molecule has 7 atom stereocenters. The van der Waals surface area contributed by atoms with Crippen molar-refractivity contribution < 1.29 is 14.7 Å². The first kappa shape index (κ1) is 19.7. The van der Waals surface area contributed by atoms with E-state index in [-0.39, 0.29) is 34.6 Å². The molecule has 4 aliphatic carbocycles. The van der Waals surface area contributed by atoms with Gasteiger partial charge in [0.2, 0.25) is 5.91 Å². The van der Waals surface area contributed by atoms with E-state index in [1.807, 2.05) is 6.08 Å². The Morgan fingerprint density at radius 2 is 1.93 bits per heavy atom. The molecule has 1 heterocycles. The highest BCUT2D eigenvalue weighted by Gasteiger charge is 2.63. The van der Waals surface area contributed by atoms with Gasteiger partial charge in [-0.15, -0.1) is 0 Å². The van der Waals surface area contributed by atoms with E-state index >= 15 is 0 Å². The van der Waals surface area contributed by atoms with Crippen LogP contribution in [0, 0.1) is 34.5 Å². The summed E-state index contributed by atoms with van der Waals surface area (Å²) in [6, 6.07) is 0. The highest BCUT2D eigenvalue weighted by Crippen LogP contribution is 2.66. The second kappa shape index (κ2) is 6.91. The quantitative estimate of drug-likeness (QED) is 0.710. The number of piperazine rings is 1. The maximum atomic E-state index is 13.4. The number of carbonyl (C=O) groups excluding carboxylic acids is 2. The zero-order valence-electron chi connectivity index (χ0n) is 18.0. The SMILES string of the molecule is CC12CCC(=O)C=C1CCC1C2C(O)CC2(C)C(C(=O)N3CCNCC3)CCC12. The van der Waals surface area contributed by atoms with E-state index in [0.29, 0.717) is 24.2 Å². The molecule has 5 rings (SSSR count). The monoisotopic (exact) mass is 400 g/mol. The zero-order chi connectivity index (χ0) is 20.4. The van der Waals surface area contributed by atoms with Crippen molar-refractivity contribution in [3.63, 3.8) is 0 Å². The average molecular weight is 401 g/mol. The van der Waals surface area contributed by atoms with Crippen molar-refractivity contribution >= 4 is 11.7 Å². The molecule has 0 aromatic rings. The van der Waals surface area contributed by atoms with Gasteiger partial charge >= 0.3 is 0 Å². The second-order valence-corrected chi connectivity index (χ2v) is 10.9. The molecule has 160 valence electrons. The third-order valence-corrected chi connectivity index (χ3v) is 9.62. The van der Waals surface area contributed by atoms with E-state index in [4.69, 9.17) is 0 Å². The van der Waals surface area contributed by atoms with Gasteiger partial charge in [-0.2, -0.15) is 0 Å². The number of aliphatic hydroxyl groups excluding tert-OH is 1. The van der Waals surface area contributed by atoms with Crippen molar-refractivity contribution in [1.29, 1.82) is 0 Å². The minimum Gasteiger partial charge on any atom is -0.393 e. The molecule has 0 spiro atoms. The normalized spacial score (nSPS) is 47.1. The van der Waals surface area contributed by atoms with E-state index in [0.717, 1.165) is 64.7 Å². The van der Waals surface area contributed by atoms with Crippen LogP contribution < -0.4 is 5.32 Å². The van der Waals surface area contributed by atoms with Crippen LogP contribution in [0.1, 0.15) is 58.8 Å². The second-order valence-electron chi connectivity index (χ2n) is 10.9. The minimum atomic E-state index is -0.375. The van der Waals surface area contributed by atoms with Crippen LogP contribution in [0.3, 0.4) is 0 Å². The summed E-state index contributed by atoms with van der Waals surface area (Å²) in [5.41, 5.74) is 1.15. The van der Waals surface area contributed by atoms with Crippen LogP contribution in [0.15, 0.2) is 11.6 Å². The molecule has 4 fully saturated rings. The number of amides is 1. The van der Waals surface area contributed by atoms with Crippen molar-refractivity contribution in [2.75, 3.05) is 26.2 Å². The van der Waals surface area contributed by atoms with Crippen molar-refractivity contribution in [3.8, 4) is 0 Å². The molecular formula is C24H36N2O3. The number of fused-ring (bicyclic) bond motifs is 5. The number of nitrogens with one attached hydrogen (secondary N) is 1. The van der Waals surface area contributed by atoms with E-state index < -0.39 is 0 Å².